The number of Topliss-reactive ketones (excluding diaryl/α,β-unsaturated/α-hetero) is 1. The van der Waals surface area contributed by atoms with E-state index >= 15 is 0 Å². The van der Waals surface area contributed by atoms with Crippen LogP contribution in [0.3, 0.4) is 0 Å². The number of carbonyl (C=O) groups excluding carboxylic acids is 1. The maximum absolute atomic E-state index is 13.2. The van der Waals surface area contributed by atoms with Crippen molar-refractivity contribution in [1.82, 2.24) is 0 Å². The molecule has 2 aromatic rings. The monoisotopic (exact) mass is 406 g/mol. The van der Waals surface area contributed by atoms with Crippen molar-refractivity contribution in [2.75, 3.05) is 7.11 Å². The Morgan fingerprint density at radius 2 is 2.03 bits per heavy atom. The molecule has 30 heavy (non-hydrogen) atoms. The Hall–Kier alpha value is -2.75. The maximum Gasteiger partial charge on any atom is 0.170 e. The topological polar surface area (TPSA) is 55.8 Å². The van der Waals surface area contributed by atoms with Crippen molar-refractivity contribution in [3.05, 3.63) is 65.2 Å². The van der Waals surface area contributed by atoms with Gasteiger partial charge in [-0.1, -0.05) is 50.3 Å². The molecular formula is C26H30O4. The van der Waals surface area contributed by atoms with E-state index in [1.165, 1.54) is 0 Å². The second kappa shape index (κ2) is 7.82. The molecule has 0 amide bonds. The zero-order chi connectivity index (χ0) is 21.5. The predicted octanol–water partition coefficient (Wildman–Crippen LogP) is 5.68. The Morgan fingerprint density at radius 3 is 2.70 bits per heavy atom. The van der Waals surface area contributed by atoms with Crippen LogP contribution in [0.2, 0.25) is 0 Å². The number of benzene rings is 2. The summed E-state index contributed by atoms with van der Waals surface area (Å²) in [4.78, 5) is 13.2. The average molecular weight is 407 g/mol. The van der Waals surface area contributed by atoms with Crippen molar-refractivity contribution in [1.29, 1.82) is 0 Å². The first kappa shape index (κ1) is 20.5. The van der Waals surface area contributed by atoms with E-state index in [-0.39, 0.29) is 23.0 Å². The number of ether oxygens (including phenoxy) is 2. The Kier molecular flexibility index (Phi) is 5.35. The summed E-state index contributed by atoms with van der Waals surface area (Å²) in [5.74, 6) is 1.94. The predicted molar refractivity (Wildman–Crippen MR) is 118 cm³/mol. The van der Waals surface area contributed by atoms with Gasteiger partial charge in [-0.3, -0.25) is 4.79 Å². The molecule has 4 nitrogen and oxygen atoms in total. The molecule has 4 rings (SSSR count). The van der Waals surface area contributed by atoms with Crippen molar-refractivity contribution in [2.45, 2.75) is 51.6 Å². The van der Waals surface area contributed by atoms with E-state index in [0.717, 1.165) is 17.5 Å². The summed E-state index contributed by atoms with van der Waals surface area (Å²) in [6.45, 7) is 6.50. The molecule has 0 radical (unpaired) electrons. The second-order valence-electron chi connectivity index (χ2n) is 8.97. The lowest BCUT2D eigenvalue weighted by Crippen LogP contribution is -2.36. The zero-order valence-corrected chi connectivity index (χ0v) is 18.1. The van der Waals surface area contributed by atoms with Crippen LogP contribution in [-0.2, 0) is 6.42 Å². The molecule has 0 bridgehead atoms. The Balaban J connectivity index is 1.72. The second-order valence-corrected chi connectivity index (χ2v) is 8.97. The van der Waals surface area contributed by atoms with E-state index in [0.29, 0.717) is 36.2 Å². The smallest absolute Gasteiger partial charge is 0.170 e. The van der Waals surface area contributed by atoms with Crippen LogP contribution in [-0.4, -0.2) is 23.6 Å². The third-order valence-corrected chi connectivity index (χ3v) is 6.64. The molecule has 3 unspecified atom stereocenters. The lowest BCUT2D eigenvalue weighted by atomic mass is 9.71. The Bertz CT molecular complexity index is 976. The Labute approximate surface area is 178 Å². The summed E-state index contributed by atoms with van der Waals surface area (Å²) >= 11 is 0. The van der Waals surface area contributed by atoms with E-state index in [2.05, 4.69) is 32.9 Å². The highest BCUT2D eigenvalue weighted by atomic mass is 16.5. The van der Waals surface area contributed by atoms with Gasteiger partial charge in [0.2, 0.25) is 0 Å². The van der Waals surface area contributed by atoms with E-state index < -0.39 is 5.60 Å². The number of fused-ring (bicyclic) bond motifs is 3. The van der Waals surface area contributed by atoms with Crippen LogP contribution in [0.15, 0.2) is 48.6 Å². The molecule has 1 aliphatic heterocycles. The molecule has 0 fully saturated rings. The lowest BCUT2D eigenvalue weighted by Gasteiger charge is -2.35. The first-order valence-electron chi connectivity index (χ1n) is 10.7. The summed E-state index contributed by atoms with van der Waals surface area (Å²) in [7, 11) is 1.60. The number of phenols is 1. The van der Waals surface area contributed by atoms with E-state index in [1.807, 2.05) is 30.3 Å². The molecule has 1 N–H and O–H groups in total. The van der Waals surface area contributed by atoms with Crippen molar-refractivity contribution in [2.24, 2.45) is 11.8 Å². The fourth-order valence-corrected chi connectivity index (χ4v) is 4.78. The van der Waals surface area contributed by atoms with Gasteiger partial charge < -0.3 is 14.6 Å². The Morgan fingerprint density at radius 1 is 1.30 bits per heavy atom. The van der Waals surface area contributed by atoms with Gasteiger partial charge >= 0.3 is 0 Å². The zero-order valence-electron chi connectivity index (χ0n) is 18.1. The SMILES string of the molecule is COc1cc(O)c(C(=O)CCc2ccccc2)c2c1C1CC(C(C)C)C=CC1(C)O2. The fraction of sp³-hybridized carbons (Fsp3) is 0.423. The highest BCUT2D eigenvalue weighted by Crippen LogP contribution is 2.57. The summed E-state index contributed by atoms with van der Waals surface area (Å²) in [6, 6.07) is 11.5. The summed E-state index contributed by atoms with van der Waals surface area (Å²) < 4.78 is 12.0. The van der Waals surface area contributed by atoms with Crippen molar-refractivity contribution < 1.29 is 19.4 Å². The number of hydrogen-bond donors (Lipinski definition) is 1. The van der Waals surface area contributed by atoms with Gasteiger partial charge in [-0.2, -0.15) is 0 Å². The number of rotatable bonds is 6. The molecule has 0 saturated heterocycles. The number of methoxy groups -OCH3 is 1. The molecule has 158 valence electrons. The van der Waals surface area contributed by atoms with Gasteiger partial charge in [0, 0.05) is 24.0 Å². The van der Waals surface area contributed by atoms with Gasteiger partial charge in [-0.25, -0.2) is 0 Å². The quantitative estimate of drug-likeness (QED) is 0.495. The molecule has 1 heterocycles. The molecule has 3 atom stereocenters. The number of carbonyl (C=O) groups is 1. The summed E-state index contributed by atoms with van der Waals surface area (Å²) in [5, 5.41) is 10.7. The van der Waals surface area contributed by atoms with Crippen LogP contribution in [0.25, 0.3) is 0 Å². The van der Waals surface area contributed by atoms with Gasteiger partial charge in [0.15, 0.2) is 5.78 Å². The van der Waals surface area contributed by atoms with Crippen molar-refractivity contribution in [3.63, 3.8) is 0 Å². The minimum Gasteiger partial charge on any atom is -0.507 e. The molecule has 4 heteroatoms. The molecule has 0 saturated carbocycles. The normalized spacial score (nSPS) is 24.3. The molecule has 0 spiro atoms. The first-order chi connectivity index (χ1) is 14.3. The van der Waals surface area contributed by atoms with Crippen LogP contribution in [0.5, 0.6) is 17.2 Å². The van der Waals surface area contributed by atoms with E-state index in [9.17, 15) is 9.90 Å². The highest BCUT2D eigenvalue weighted by molar-refractivity contribution is 6.02. The number of aromatic hydroxyl groups is 1. The van der Waals surface area contributed by atoms with Crippen LogP contribution in [0, 0.1) is 11.8 Å². The van der Waals surface area contributed by atoms with Gasteiger partial charge in [0.05, 0.1) is 7.11 Å². The number of aryl methyl sites for hydroxylation is 1. The maximum atomic E-state index is 13.2. The fourth-order valence-electron chi connectivity index (χ4n) is 4.78. The molecular weight excluding hydrogens is 376 g/mol. The third kappa shape index (κ3) is 3.49. The number of hydrogen-bond acceptors (Lipinski definition) is 4. The third-order valence-electron chi connectivity index (χ3n) is 6.64. The highest BCUT2D eigenvalue weighted by Gasteiger charge is 2.50. The van der Waals surface area contributed by atoms with E-state index in [4.69, 9.17) is 9.47 Å². The first-order valence-corrected chi connectivity index (χ1v) is 10.7. The van der Waals surface area contributed by atoms with Crippen LogP contribution in [0.1, 0.15) is 61.0 Å². The lowest BCUT2D eigenvalue weighted by molar-refractivity contribution is 0.0958. The number of phenolic OH excluding ortho intramolecular Hbond substituents is 1. The van der Waals surface area contributed by atoms with Crippen molar-refractivity contribution in [3.8, 4) is 17.2 Å². The van der Waals surface area contributed by atoms with Crippen LogP contribution >= 0.6 is 0 Å². The summed E-state index contributed by atoms with van der Waals surface area (Å²) in [5.41, 5.74) is 1.76. The number of allylic oxidation sites excluding steroid dienone is 1. The molecule has 0 aromatic heterocycles. The van der Waals surface area contributed by atoms with Gasteiger partial charge in [-0.15, -0.1) is 0 Å². The van der Waals surface area contributed by atoms with Crippen LogP contribution in [0.4, 0.5) is 0 Å². The van der Waals surface area contributed by atoms with Crippen LogP contribution < -0.4 is 9.47 Å². The molecule has 1 aliphatic carbocycles. The molecule has 2 aliphatic rings. The molecule has 2 aromatic carbocycles. The van der Waals surface area contributed by atoms with Gasteiger partial charge in [-0.05, 0) is 43.2 Å². The largest absolute Gasteiger partial charge is 0.507 e. The number of ketones is 1. The van der Waals surface area contributed by atoms with Crippen molar-refractivity contribution >= 4 is 5.78 Å². The minimum absolute atomic E-state index is 0.0738. The minimum atomic E-state index is -0.538. The van der Waals surface area contributed by atoms with Gasteiger partial charge in [0.1, 0.15) is 28.4 Å². The summed E-state index contributed by atoms with van der Waals surface area (Å²) in [6.07, 6.45) is 6.22. The average Bonchev–Trinajstić information content (AvgIpc) is 3.03. The van der Waals surface area contributed by atoms with Gasteiger partial charge in [0.25, 0.3) is 0 Å². The standard InChI is InChI=1S/C26H30O4/c1-16(2)18-12-13-26(3)19(14-18)23-22(29-4)15-21(28)24(25(23)30-26)20(27)11-10-17-8-6-5-7-9-17/h5-9,12-13,15-16,18-19,28H,10-11,14H2,1-4H3. The van der Waals surface area contributed by atoms with E-state index in [1.54, 1.807) is 13.2 Å².